The van der Waals surface area contributed by atoms with Crippen LogP contribution in [0.15, 0.2) is 16.1 Å². The fourth-order valence-electron chi connectivity index (χ4n) is 2.20. The van der Waals surface area contributed by atoms with Crippen LogP contribution in [0.2, 0.25) is 0 Å². The molecule has 0 aromatic carbocycles. The summed E-state index contributed by atoms with van der Waals surface area (Å²) in [5, 5.41) is 6.85. The van der Waals surface area contributed by atoms with Gasteiger partial charge in [-0.05, 0) is 5.41 Å². The van der Waals surface area contributed by atoms with Gasteiger partial charge in [0.2, 0.25) is 0 Å². The lowest BCUT2D eigenvalue weighted by molar-refractivity contribution is 0.247. The number of rotatable bonds is 2. The molecule has 0 radical (unpaired) electrons. The van der Waals surface area contributed by atoms with Gasteiger partial charge in [0.05, 0.1) is 6.54 Å². The van der Waals surface area contributed by atoms with Crippen LogP contribution in [-0.4, -0.2) is 60.8 Å². The lowest BCUT2D eigenvalue weighted by Gasteiger charge is -2.29. The zero-order valence-corrected chi connectivity index (χ0v) is 9.59. The van der Waals surface area contributed by atoms with Gasteiger partial charge in [-0.15, -0.1) is 0 Å². The van der Waals surface area contributed by atoms with Crippen molar-refractivity contribution in [2.24, 2.45) is 4.99 Å². The van der Waals surface area contributed by atoms with Crippen molar-refractivity contribution in [2.45, 2.75) is 0 Å². The first kappa shape index (κ1) is 9.69. The minimum atomic E-state index is 0.973. The normalized spacial score (nSPS) is 26.5. The summed E-state index contributed by atoms with van der Waals surface area (Å²) in [6.07, 6.45) is 0. The zero-order chi connectivity index (χ0) is 10.1. The van der Waals surface area contributed by atoms with Gasteiger partial charge < -0.3 is 10.2 Å². The van der Waals surface area contributed by atoms with E-state index in [0.29, 0.717) is 0 Å². The summed E-state index contributed by atoms with van der Waals surface area (Å²) in [6, 6.07) is 0. The van der Waals surface area contributed by atoms with Crippen molar-refractivity contribution in [1.82, 2.24) is 15.1 Å². The first-order valence-corrected chi connectivity index (χ1v) is 6.42. The predicted octanol–water partition coefficient (Wildman–Crippen LogP) is 0.151. The Morgan fingerprint density at radius 3 is 3.07 bits per heavy atom. The van der Waals surface area contributed by atoms with E-state index in [0.717, 1.165) is 32.7 Å². The molecule has 1 fully saturated rings. The molecule has 82 valence electrons. The third-order valence-electron chi connectivity index (χ3n) is 3.04. The number of aliphatic imine (C=N–C) groups is 1. The Bertz CT molecular complexity index is 307. The van der Waals surface area contributed by atoms with Crippen LogP contribution < -0.4 is 5.32 Å². The van der Waals surface area contributed by atoms with E-state index in [9.17, 15) is 0 Å². The third kappa shape index (κ3) is 1.91. The highest BCUT2D eigenvalue weighted by atomic mass is 32.2. The minimum absolute atomic E-state index is 0.973. The quantitative estimate of drug-likeness (QED) is 0.723. The first-order chi connectivity index (χ1) is 7.43. The number of nitrogens with one attached hydrogen (secondary N) is 1. The smallest absolute Gasteiger partial charge is 0.168 e. The fourth-order valence-corrected chi connectivity index (χ4v) is 3.14. The van der Waals surface area contributed by atoms with E-state index < -0.39 is 0 Å². The van der Waals surface area contributed by atoms with E-state index in [-0.39, 0.29) is 0 Å². The van der Waals surface area contributed by atoms with Gasteiger partial charge in [-0.25, -0.2) is 0 Å². The number of hydrogen-bond acceptors (Lipinski definition) is 5. The number of nitrogens with zero attached hydrogens (tertiary/aromatic N) is 3. The highest BCUT2D eigenvalue weighted by molar-refractivity contribution is 8.16. The van der Waals surface area contributed by atoms with Crippen LogP contribution in [0.5, 0.6) is 0 Å². The summed E-state index contributed by atoms with van der Waals surface area (Å²) in [5.74, 6) is 0. The summed E-state index contributed by atoms with van der Waals surface area (Å²) in [5.41, 5.74) is 1.44. The summed E-state index contributed by atoms with van der Waals surface area (Å²) in [4.78, 5) is 9.35. The van der Waals surface area contributed by atoms with Crippen LogP contribution in [-0.2, 0) is 0 Å². The SMILES string of the molecule is C1=C(CN2CCNCC2)N2CCN=C2S1. The van der Waals surface area contributed by atoms with Crippen molar-refractivity contribution in [3.05, 3.63) is 11.1 Å². The molecule has 3 aliphatic heterocycles. The molecule has 1 saturated heterocycles. The minimum Gasteiger partial charge on any atom is -0.321 e. The highest BCUT2D eigenvalue weighted by Crippen LogP contribution is 2.29. The lowest BCUT2D eigenvalue weighted by atomic mass is 10.3. The van der Waals surface area contributed by atoms with Crippen LogP contribution in [0, 0.1) is 0 Å². The molecule has 0 unspecified atom stereocenters. The average molecular weight is 224 g/mol. The molecule has 0 spiro atoms. The highest BCUT2D eigenvalue weighted by Gasteiger charge is 2.27. The molecular weight excluding hydrogens is 208 g/mol. The van der Waals surface area contributed by atoms with Gasteiger partial charge in [-0.3, -0.25) is 9.89 Å². The third-order valence-corrected chi connectivity index (χ3v) is 3.99. The topological polar surface area (TPSA) is 30.9 Å². The van der Waals surface area contributed by atoms with E-state index in [2.05, 4.69) is 25.5 Å². The number of piperazine rings is 1. The maximum Gasteiger partial charge on any atom is 0.168 e. The summed E-state index contributed by atoms with van der Waals surface area (Å²) < 4.78 is 0. The molecule has 0 amide bonds. The van der Waals surface area contributed by atoms with Crippen LogP contribution in [0.25, 0.3) is 0 Å². The Morgan fingerprint density at radius 2 is 2.20 bits per heavy atom. The summed E-state index contributed by atoms with van der Waals surface area (Å²) >= 11 is 1.78. The Balaban J connectivity index is 1.61. The van der Waals surface area contributed by atoms with E-state index in [4.69, 9.17) is 0 Å². The number of fused-ring (bicyclic) bond motifs is 1. The predicted molar refractivity (Wildman–Crippen MR) is 64.0 cm³/mol. The van der Waals surface area contributed by atoms with Crippen molar-refractivity contribution >= 4 is 16.9 Å². The van der Waals surface area contributed by atoms with Crippen molar-refractivity contribution in [1.29, 1.82) is 0 Å². The van der Waals surface area contributed by atoms with Crippen molar-refractivity contribution < 1.29 is 0 Å². The molecule has 1 N–H and O–H groups in total. The molecule has 3 aliphatic rings. The van der Waals surface area contributed by atoms with Crippen LogP contribution in [0.4, 0.5) is 0 Å². The standard InChI is InChI=1S/C10H16N4S/c1-4-13(5-2-11-1)7-9-8-15-10-12-3-6-14(9)10/h8,11H,1-7H2. The van der Waals surface area contributed by atoms with Gasteiger partial charge in [0.15, 0.2) is 5.17 Å². The maximum atomic E-state index is 4.46. The molecule has 0 atom stereocenters. The Hall–Kier alpha value is -0.520. The number of amidine groups is 1. The molecule has 15 heavy (non-hydrogen) atoms. The molecule has 0 saturated carbocycles. The van der Waals surface area contributed by atoms with Gasteiger partial charge >= 0.3 is 0 Å². The zero-order valence-electron chi connectivity index (χ0n) is 8.78. The van der Waals surface area contributed by atoms with E-state index in [1.165, 1.54) is 24.0 Å². The van der Waals surface area contributed by atoms with Crippen molar-refractivity contribution in [3.8, 4) is 0 Å². The largest absolute Gasteiger partial charge is 0.321 e. The number of thioether (sulfide) groups is 1. The second kappa shape index (κ2) is 4.15. The second-order valence-electron chi connectivity index (χ2n) is 4.07. The van der Waals surface area contributed by atoms with Crippen LogP contribution in [0.3, 0.4) is 0 Å². The average Bonchev–Trinajstić information content (AvgIpc) is 2.85. The van der Waals surface area contributed by atoms with Gasteiger partial charge in [-0.1, -0.05) is 11.8 Å². The molecule has 0 aliphatic carbocycles. The number of hydrogen-bond donors (Lipinski definition) is 1. The molecule has 3 rings (SSSR count). The van der Waals surface area contributed by atoms with Crippen LogP contribution in [0.1, 0.15) is 0 Å². The van der Waals surface area contributed by atoms with Gasteiger partial charge in [0, 0.05) is 45.0 Å². The molecule has 0 bridgehead atoms. The molecular formula is C10H16N4S. The van der Waals surface area contributed by atoms with Gasteiger partial charge in [-0.2, -0.15) is 0 Å². The Kier molecular flexibility index (Phi) is 2.68. The van der Waals surface area contributed by atoms with E-state index in [1.807, 2.05) is 0 Å². The Morgan fingerprint density at radius 1 is 1.33 bits per heavy atom. The molecule has 0 aromatic rings. The summed E-state index contributed by atoms with van der Waals surface area (Å²) in [7, 11) is 0. The molecule has 0 aromatic heterocycles. The maximum absolute atomic E-state index is 4.46. The van der Waals surface area contributed by atoms with E-state index in [1.54, 1.807) is 11.8 Å². The molecule has 5 heteroatoms. The fraction of sp³-hybridized carbons (Fsp3) is 0.700. The van der Waals surface area contributed by atoms with Gasteiger partial charge in [0.1, 0.15) is 0 Å². The van der Waals surface area contributed by atoms with Crippen molar-refractivity contribution in [2.75, 3.05) is 45.8 Å². The van der Waals surface area contributed by atoms with E-state index >= 15 is 0 Å². The van der Waals surface area contributed by atoms with Crippen LogP contribution >= 0.6 is 11.8 Å². The summed E-state index contributed by atoms with van der Waals surface area (Å²) in [6.45, 7) is 7.74. The molecule has 4 nitrogen and oxygen atoms in total. The van der Waals surface area contributed by atoms with Gasteiger partial charge in [0.25, 0.3) is 0 Å². The first-order valence-electron chi connectivity index (χ1n) is 5.54. The van der Waals surface area contributed by atoms with Crippen molar-refractivity contribution in [3.63, 3.8) is 0 Å². The Labute approximate surface area is 94.4 Å². The second-order valence-corrected chi connectivity index (χ2v) is 4.91. The lowest BCUT2D eigenvalue weighted by Crippen LogP contribution is -2.45. The monoisotopic (exact) mass is 224 g/mol. The molecule has 3 heterocycles.